The predicted molar refractivity (Wildman–Crippen MR) is 128 cm³/mol. The summed E-state index contributed by atoms with van der Waals surface area (Å²) >= 11 is 0. The summed E-state index contributed by atoms with van der Waals surface area (Å²) in [6.07, 6.45) is 6.61. The van der Waals surface area contributed by atoms with Gasteiger partial charge in [0.2, 0.25) is 5.82 Å². The number of anilines is 1. The van der Waals surface area contributed by atoms with Gasteiger partial charge in [0.25, 0.3) is 5.91 Å². The van der Waals surface area contributed by atoms with E-state index in [4.69, 9.17) is 7.85 Å². The van der Waals surface area contributed by atoms with E-state index in [1.54, 1.807) is 5.01 Å². The van der Waals surface area contributed by atoms with Crippen LogP contribution in [0, 0.1) is 11.3 Å². The largest absolute Gasteiger partial charge is 0.304 e. The number of piperazine rings is 1. The number of carbonyl (C=O) groups is 1. The number of aromatic nitrogens is 2. The smallest absolute Gasteiger partial charge is 0.269 e. The third-order valence-corrected chi connectivity index (χ3v) is 6.50. The summed E-state index contributed by atoms with van der Waals surface area (Å²) in [4.78, 5) is 26.2. The molecule has 2 aromatic rings. The Morgan fingerprint density at radius 1 is 1.18 bits per heavy atom. The van der Waals surface area contributed by atoms with Crippen LogP contribution in [0.15, 0.2) is 30.5 Å². The van der Waals surface area contributed by atoms with Gasteiger partial charge in [-0.05, 0) is 43.0 Å². The van der Waals surface area contributed by atoms with Gasteiger partial charge in [0.05, 0.1) is 6.04 Å². The van der Waals surface area contributed by atoms with Crippen molar-refractivity contribution < 1.29 is 4.79 Å². The monoisotopic (exact) mass is 443 g/mol. The number of carbonyl (C=O) groups excluding carboxylic acids is 1. The van der Waals surface area contributed by atoms with E-state index < -0.39 is 0 Å². The van der Waals surface area contributed by atoms with Crippen molar-refractivity contribution in [3.8, 4) is 6.07 Å². The molecule has 4 rings (SSSR count). The number of benzene rings is 1. The Bertz CT molecular complexity index is 993. The first-order valence-corrected chi connectivity index (χ1v) is 11.7. The average Bonchev–Trinajstić information content (AvgIpc) is 2.85. The molecule has 170 valence electrons. The number of nitrogens with one attached hydrogen (secondary N) is 1. The molecule has 33 heavy (non-hydrogen) atoms. The third kappa shape index (κ3) is 5.89. The van der Waals surface area contributed by atoms with Crippen LogP contribution in [0.25, 0.3) is 0 Å². The highest BCUT2D eigenvalue weighted by Crippen LogP contribution is 2.24. The fraction of sp³-hybridized carbons (Fsp3) is 0.500. The Balaban J connectivity index is 1.48. The van der Waals surface area contributed by atoms with Gasteiger partial charge in [-0.15, -0.1) is 0 Å². The van der Waals surface area contributed by atoms with Crippen LogP contribution in [0.1, 0.15) is 53.8 Å². The minimum atomic E-state index is -0.219. The molecule has 1 saturated heterocycles. The Morgan fingerprint density at radius 3 is 2.55 bits per heavy atom. The molecule has 1 amide bonds. The van der Waals surface area contributed by atoms with Crippen LogP contribution in [0.2, 0.25) is 0 Å². The van der Waals surface area contributed by atoms with Crippen molar-refractivity contribution in [1.29, 1.82) is 5.26 Å². The van der Waals surface area contributed by atoms with Crippen LogP contribution in [-0.2, 0) is 6.54 Å². The van der Waals surface area contributed by atoms with Gasteiger partial charge in [-0.1, -0.05) is 31.4 Å². The van der Waals surface area contributed by atoms with E-state index in [-0.39, 0.29) is 17.8 Å². The third-order valence-electron chi connectivity index (χ3n) is 6.50. The Kier molecular flexibility index (Phi) is 7.58. The van der Waals surface area contributed by atoms with Crippen LogP contribution in [0.4, 0.5) is 5.82 Å². The summed E-state index contributed by atoms with van der Waals surface area (Å²) in [5.74, 6) is 0.194. The number of nitriles is 1. The van der Waals surface area contributed by atoms with Gasteiger partial charge >= 0.3 is 0 Å². The van der Waals surface area contributed by atoms with E-state index in [0.717, 1.165) is 58.4 Å². The van der Waals surface area contributed by atoms with Crippen molar-refractivity contribution in [2.24, 2.45) is 0 Å². The topological polar surface area (TPSA) is 88.4 Å². The summed E-state index contributed by atoms with van der Waals surface area (Å²) in [5.41, 5.74) is 5.12. The van der Waals surface area contributed by atoms with E-state index in [0.29, 0.717) is 16.8 Å². The number of hydrogen-bond donors (Lipinski definition) is 1. The zero-order chi connectivity index (χ0) is 23.2. The highest BCUT2D eigenvalue weighted by Gasteiger charge is 2.26. The van der Waals surface area contributed by atoms with Crippen LogP contribution in [0.5, 0.6) is 0 Å². The van der Waals surface area contributed by atoms with Crippen molar-refractivity contribution in [2.45, 2.75) is 44.7 Å². The summed E-state index contributed by atoms with van der Waals surface area (Å²) in [6, 6.07) is 9.80. The maximum atomic E-state index is 13.2. The van der Waals surface area contributed by atoms with Crippen molar-refractivity contribution in [3.63, 3.8) is 0 Å². The number of amides is 1. The second kappa shape index (κ2) is 10.8. The van der Waals surface area contributed by atoms with Crippen LogP contribution in [-0.4, -0.2) is 72.8 Å². The normalized spacial score (nSPS) is 17.9. The Hall–Kier alpha value is -2.96. The SMILES string of the molecule is [B]c1cnc(C#N)nc1N(NC(=O)c1ccc(CN2CCN(C)CC2)cc1)C1CCCCC1. The molecule has 2 fully saturated rings. The first-order valence-electron chi connectivity index (χ1n) is 11.7. The van der Waals surface area contributed by atoms with Gasteiger partial charge in [0.15, 0.2) is 0 Å². The lowest BCUT2D eigenvalue weighted by Gasteiger charge is -2.36. The summed E-state index contributed by atoms with van der Waals surface area (Å²) in [5, 5.41) is 11.0. The standard InChI is InChI=1S/C24H30BN7O/c1-30-11-13-31(14-12-30)17-18-7-9-19(10-8-18)24(33)29-32(20-5-3-2-4-6-20)23-21(25)16-27-22(15-26)28-23/h7-10,16,20H,2-6,11-14,17H2,1H3,(H,29,33). The minimum Gasteiger partial charge on any atom is -0.304 e. The van der Waals surface area contributed by atoms with Gasteiger partial charge < -0.3 is 4.90 Å². The van der Waals surface area contributed by atoms with Gasteiger partial charge in [-0.2, -0.15) is 5.26 Å². The molecular formula is C24H30BN7O. The van der Waals surface area contributed by atoms with E-state index in [9.17, 15) is 10.1 Å². The van der Waals surface area contributed by atoms with Crippen LogP contribution < -0.4 is 15.9 Å². The maximum Gasteiger partial charge on any atom is 0.269 e. The van der Waals surface area contributed by atoms with Gasteiger partial charge in [-0.3, -0.25) is 20.1 Å². The number of likely N-dealkylation sites (N-methyl/N-ethyl adjacent to an activating group) is 1. The first kappa shape index (κ1) is 23.2. The van der Waals surface area contributed by atoms with E-state index in [1.807, 2.05) is 30.3 Å². The summed E-state index contributed by atoms with van der Waals surface area (Å²) < 4.78 is 0. The van der Waals surface area contributed by atoms with Gasteiger partial charge in [-0.25, -0.2) is 9.97 Å². The van der Waals surface area contributed by atoms with Gasteiger partial charge in [0, 0.05) is 44.5 Å². The maximum absolute atomic E-state index is 13.2. The lowest BCUT2D eigenvalue weighted by Crippen LogP contribution is -2.52. The quantitative estimate of drug-likeness (QED) is 0.533. The molecule has 1 aromatic carbocycles. The molecule has 1 aliphatic heterocycles. The molecule has 0 atom stereocenters. The van der Waals surface area contributed by atoms with Crippen LogP contribution in [0.3, 0.4) is 0 Å². The Morgan fingerprint density at radius 2 is 1.88 bits per heavy atom. The number of hydrogen-bond acceptors (Lipinski definition) is 7. The predicted octanol–water partition coefficient (Wildman–Crippen LogP) is 1.37. The molecule has 0 bridgehead atoms. The fourth-order valence-corrected chi connectivity index (χ4v) is 4.49. The van der Waals surface area contributed by atoms with E-state index >= 15 is 0 Å². The van der Waals surface area contributed by atoms with E-state index in [1.165, 1.54) is 18.2 Å². The second-order valence-corrected chi connectivity index (χ2v) is 8.96. The number of nitrogens with zero attached hydrogens (tertiary/aromatic N) is 6. The lowest BCUT2D eigenvalue weighted by molar-refractivity contribution is 0.0941. The number of rotatable bonds is 6. The van der Waals surface area contributed by atoms with Crippen molar-refractivity contribution in [1.82, 2.24) is 25.2 Å². The first-order chi connectivity index (χ1) is 16.0. The molecule has 1 saturated carbocycles. The molecule has 2 aliphatic rings. The molecule has 8 nitrogen and oxygen atoms in total. The molecule has 1 aromatic heterocycles. The molecule has 0 unspecified atom stereocenters. The molecule has 2 radical (unpaired) electrons. The average molecular weight is 443 g/mol. The Labute approximate surface area is 197 Å². The van der Waals surface area contributed by atoms with Gasteiger partial charge in [0.1, 0.15) is 19.7 Å². The summed E-state index contributed by atoms with van der Waals surface area (Å²) in [7, 11) is 8.30. The molecule has 1 aliphatic carbocycles. The van der Waals surface area contributed by atoms with Crippen molar-refractivity contribution in [2.75, 3.05) is 38.2 Å². The molecular weight excluding hydrogens is 413 g/mol. The minimum absolute atomic E-state index is 0.0301. The number of hydrazine groups is 1. The van der Waals surface area contributed by atoms with Crippen molar-refractivity contribution in [3.05, 3.63) is 47.4 Å². The fourth-order valence-electron chi connectivity index (χ4n) is 4.49. The van der Waals surface area contributed by atoms with E-state index in [2.05, 4.69) is 32.2 Å². The molecule has 1 N–H and O–H groups in total. The zero-order valence-corrected chi connectivity index (χ0v) is 19.2. The molecule has 9 heteroatoms. The highest BCUT2D eigenvalue weighted by molar-refractivity contribution is 6.35. The van der Waals surface area contributed by atoms with Crippen molar-refractivity contribution >= 4 is 25.0 Å². The summed E-state index contributed by atoms with van der Waals surface area (Å²) in [6.45, 7) is 5.16. The molecule has 2 heterocycles. The lowest BCUT2D eigenvalue weighted by atomic mass is 9.93. The molecule has 0 spiro atoms. The zero-order valence-electron chi connectivity index (χ0n) is 19.2. The highest BCUT2D eigenvalue weighted by atomic mass is 16.2. The van der Waals surface area contributed by atoms with Crippen LogP contribution >= 0.6 is 0 Å². The second-order valence-electron chi connectivity index (χ2n) is 8.96.